The lowest BCUT2D eigenvalue weighted by Gasteiger charge is -2.11. The second kappa shape index (κ2) is 8.02. The monoisotopic (exact) mass is 335 g/mol. The number of hydrogen-bond acceptors (Lipinski definition) is 6. The minimum absolute atomic E-state index is 0.0622. The third-order valence-electron chi connectivity index (χ3n) is 2.97. The number of nitro groups is 1. The molecule has 0 radical (unpaired) electrons. The zero-order chi connectivity index (χ0) is 17.5. The summed E-state index contributed by atoms with van der Waals surface area (Å²) in [5.41, 5.74) is -0.449. The van der Waals surface area contributed by atoms with Gasteiger partial charge >= 0.3 is 11.7 Å². The average molecular weight is 335 g/mol. The largest absolute Gasteiger partial charge is 0.490 e. The molecule has 0 aliphatic heterocycles. The third-order valence-corrected chi connectivity index (χ3v) is 2.97. The summed E-state index contributed by atoms with van der Waals surface area (Å²) in [6, 6.07) is 8.85. The fourth-order valence-corrected chi connectivity index (χ4v) is 1.87. The summed E-state index contributed by atoms with van der Waals surface area (Å²) in [4.78, 5) is 22.5. The van der Waals surface area contributed by atoms with Gasteiger partial charge in [0.2, 0.25) is 5.75 Å². The molecule has 0 bridgehead atoms. The topological polar surface area (TPSA) is 87.9 Å². The van der Waals surface area contributed by atoms with E-state index < -0.39 is 28.1 Å². The number of benzene rings is 2. The number of nitrogens with zero attached hydrogens (tertiary/aromatic N) is 1. The van der Waals surface area contributed by atoms with Crippen LogP contribution in [0.5, 0.6) is 11.5 Å². The highest BCUT2D eigenvalue weighted by molar-refractivity contribution is 5.94. The van der Waals surface area contributed by atoms with Gasteiger partial charge in [-0.3, -0.25) is 10.1 Å². The van der Waals surface area contributed by atoms with Gasteiger partial charge in [-0.1, -0.05) is 12.1 Å². The van der Waals surface area contributed by atoms with Crippen molar-refractivity contribution in [3.63, 3.8) is 0 Å². The first kappa shape index (κ1) is 17.4. The van der Waals surface area contributed by atoms with Crippen LogP contribution in [0.15, 0.2) is 42.5 Å². The molecule has 0 aliphatic rings. The molecule has 0 spiro atoms. The van der Waals surface area contributed by atoms with Crippen LogP contribution in [-0.4, -0.2) is 31.2 Å². The van der Waals surface area contributed by atoms with Gasteiger partial charge < -0.3 is 14.2 Å². The zero-order valence-electron chi connectivity index (χ0n) is 12.7. The van der Waals surface area contributed by atoms with E-state index >= 15 is 0 Å². The molecule has 0 N–H and O–H groups in total. The predicted octanol–water partition coefficient (Wildman–Crippen LogP) is 2.98. The average Bonchev–Trinajstić information content (AvgIpc) is 2.55. The van der Waals surface area contributed by atoms with Crippen LogP contribution >= 0.6 is 0 Å². The van der Waals surface area contributed by atoms with Gasteiger partial charge in [0.25, 0.3) is 0 Å². The van der Waals surface area contributed by atoms with E-state index in [1.165, 1.54) is 13.2 Å². The van der Waals surface area contributed by atoms with E-state index in [0.717, 1.165) is 18.2 Å². The van der Waals surface area contributed by atoms with Crippen LogP contribution in [0.4, 0.5) is 10.1 Å². The van der Waals surface area contributed by atoms with Crippen LogP contribution in [0.25, 0.3) is 0 Å². The Hall–Kier alpha value is -3.00. The van der Waals surface area contributed by atoms with Crippen molar-refractivity contribution in [1.29, 1.82) is 0 Å². The fourth-order valence-electron chi connectivity index (χ4n) is 1.87. The van der Waals surface area contributed by atoms with Crippen molar-refractivity contribution in [3.05, 3.63) is 64.0 Å². The molecule has 0 aromatic heterocycles. The predicted molar refractivity (Wildman–Crippen MR) is 81.8 cm³/mol. The van der Waals surface area contributed by atoms with E-state index in [0.29, 0.717) is 6.61 Å². The SMILES string of the molecule is COCCOc1ccccc1C(=O)Oc1cc(F)ccc1[N+](=O)[O-]. The zero-order valence-corrected chi connectivity index (χ0v) is 12.7. The smallest absolute Gasteiger partial charge is 0.347 e. The van der Waals surface area contributed by atoms with Gasteiger partial charge in [-0.15, -0.1) is 0 Å². The Morgan fingerprint density at radius 3 is 2.62 bits per heavy atom. The summed E-state index contributed by atoms with van der Waals surface area (Å²) in [6.45, 7) is 0.527. The summed E-state index contributed by atoms with van der Waals surface area (Å²) in [7, 11) is 1.51. The number of esters is 1. The summed E-state index contributed by atoms with van der Waals surface area (Å²) in [5, 5.41) is 10.9. The third kappa shape index (κ3) is 4.26. The molecule has 24 heavy (non-hydrogen) atoms. The van der Waals surface area contributed by atoms with Crippen molar-refractivity contribution in [3.8, 4) is 11.5 Å². The molecule has 0 amide bonds. The van der Waals surface area contributed by atoms with Crippen molar-refractivity contribution in [2.24, 2.45) is 0 Å². The Morgan fingerprint density at radius 2 is 1.92 bits per heavy atom. The molecule has 0 aliphatic carbocycles. The minimum atomic E-state index is -0.892. The summed E-state index contributed by atoms with van der Waals surface area (Å²) in [5.74, 6) is -1.89. The molecule has 2 aromatic carbocycles. The molecule has 2 rings (SSSR count). The summed E-state index contributed by atoms with van der Waals surface area (Å²) >= 11 is 0. The maximum Gasteiger partial charge on any atom is 0.347 e. The number of halogens is 1. The quantitative estimate of drug-likeness (QED) is 0.254. The van der Waals surface area contributed by atoms with E-state index in [1.807, 2.05) is 0 Å². The molecule has 0 fully saturated rings. The lowest BCUT2D eigenvalue weighted by molar-refractivity contribution is -0.385. The van der Waals surface area contributed by atoms with Crippen LogP contribution in [0.1, 0.15) is 10.4 Å². The standard InChI is InChI=1S/C16H14FNO6/c1-22-8-9-23-14-5-3-2-4-12(14)16(19)24-15-10-11(17)6-7-13(15)18(20)21/h2-7,10H,8-9H2,1H3. The van der Waals surface area contributed by atoms with Crippen molar-refractivity contribution in [1.82, 2.24) is 0 Å². The summed E-state index contributed by atoms with van der Waals surface area (Å²) < 4.78 is 28.5. The maximum absolute atomic E-state index is 13.3. The fraction of sp³-hybridized carbons (Fsp3) is 0.188. The lowest BCUT2D eigenvalue weighted by atomic mass is 10.2. The molecule has 126 valence electrons. The molecular weight excluding hydrogens is 321 g/mol. The van der Waals surface area contributed by atoms with Gasteiger partial charge in [0, 0.05) is 19.2 Å². The van der Waals surface area contributed by atoms with Crippen LogP contribution in [0, 0.1) is 15.9 Å². The highest BCUT2D eigenvalue weighted by atomic mass is 19.1. The maximum atomic E-state index is 13.3. The number of hydrogen-bond donors (Lipinski definition) is 0. The van der Waals surface area contributed by atoms with E-state index in [4.69, 9.17) is 14.2 Å². The van der Waals surface area contributed by atoms with Crippen LogP contribution in [0.2, 0.25) is 0 Å². The summed E-state index contributed by atoms with van der Waals surface area (Å²) in [6.07, 6.45) is 0. The lowest BCUT2D eigenvalue weighted by Crippen LogP contribution is -2.13. The molecule has 0 saturated heterocycles. The molecule has 0 unspecified atom stereocenters. The number of carbonyl (C=O) groups excluding carboxylic acids is 1. The van der Waals surface area contributed by atoms with Gasteiger partial charge in [-0.2, -0.15) is 0 Å². The van der Waals surface area contributed by atoms with Crippen molar-refractivity contribution >= 4 is 11.7 Å². The van der Waals surface area contributed by atoms with Gasteiger partial charge in [0.1, 0.15) is 23.7 Å². The number of carbonyl (C=O) groups is 1. The van der Waals surface area contributed by atoms with Gasteiger partial charge in [0.05, 0.1) is 11.5 Å². The first-order chi connectivity index (χ1) is 11.5. The number of methoxy groups -OCH3 is 1. The molecular formula is C16H14FNO6. The van der Waals surface area contributed by atoms with Gasteiger partial charge in [-0.05, 0) is 18.2 Å². The highest BCUT2D eigenvalue weighted by Gasteiger charge is 2.21. The Balaban J connectivity index is 2.25. The second-order valence-electron chi connectivity index (χ2n) is 4.60. The van der Waals surface area contributed by atoms with Crippen LogP contribution in [0.3, 0.4) is 0 Å². The van der Waals surface area contributed by atoms with Crippen molar-refractivity contribution < 1.29 is 28.3 Å². The van der Waals surface area contributed by atoms with Gasteiger partial charge in [0.15, 0.2) is 0 Å². The number of rotatable bonds is 7. The first-order valence-corrected chi connectivity index (χ1v) is 6.90. The second-order valence-corrected chi connectivity index (χ2v) is 4.60. The molecule has 0 heterocycles. The molecule has 7 nitrogen and oxygen atoms in total. The molecule has 0 saturated carbocycles. The number of ether oxygens (including phenoxy) is 3. The molecule has 8 heteroatoms. The minimum Gasteiger partial charge on any atom is -0.490 e. The number of nitro benzene ring substituents is 1. The van der Waals surface area contributed by atoms with Crippen LogP contribution < -0.4 is 9.47 Å². The number of para-hydroxylation sites is 1. The Bertz CT molecular complexity index is 749. The first-order valence-electron chi connectivity index (χ1n) is 6.90. The molecule has 2 aromatic rings. The normalized spacial score (nSPS) is 10.2. The van der Waals surface area contributed by atoms with Crippen molar-refractivity contribution in [2.45, 2.75) is 0 Å². The van der Waals surface area contributed by atoms with Crippen LogP contribution in [-0.2, 0) is 4.74 Å². The van der Waals surface area contributed by atoms with Crippen molar-refractivity contribution in [2.75, 3.05) is 20.3 Å². The van der Waals surface area contributed by atoms with E-state index in [9.17, 15) is 19.3 Å². The Labute approximate surface area is 136 Å². The Morgan fingerprint density at radius 1 is 1.17 bits per heavy atom. The Kier molecular flexibility index (Phi) is 5.80. The van der Waals surface area contributed by atoms with Gasteiger partial charge in [-0.25, -0.2) is 9.18 Å². The van der Waals surface area contributed by atoms with E-state index in [2.05, 4.69) is 0 Å². The van der Waals surface area contributed by atoms with E-state index in [1.54, 1.807) is 18.2 Å². The molecule has 0 atom stereocenters. The van der Waals surface area contributed by atoms with E-state index in [-0.39, 0.29) is 17.9 Å². The highest BCUT2D eigenvalue weighted by Crippen LogP contribution is 2.29.